The Morgan fingerprint density at radius 2 is 1.68 bits per heavy atom. The predicted molar refractivity (Wildman–Crippen MR) is 141 cm³/mol. The van der Waals surface area contributed by atoms with Crippen LogP contribution in [0.2, 0.25) is 5.02 Å². The molecular formula is C26H17ClN8O2. The molecule has 1 amide bonds. The van der Waals surface area contributed by atoms with Gasteiger partial charge in [-0.05, 0) is 48.5 Å². The summed E-state index contributed by atoms with van der Waals surface area (Å²) in [5.74, 6) is 0.420. The molecule has 0 radical (unpaired) electrons. The number of carbonyl (C=O) groups excluding carboxylic acids is 1. The van der Waals surface area contributed by atoms with E-state index >= 15 is 0 Å². The number of amides is 1. The highest BCUT2D eigenvalue weighted by Gasteiger charge is 2.17. The van der Waals surface area contributed by atoms with Gasteiger partial charge in [-0.25, -0.2) is 14.5 Å². The van der Waals surface area contributed by atoms with E-state index in [1.807, 2.05) is 0 Å². The van der Waals surface area contributed by atoms with Crippen molar-refractivity contribution in [1.29, 1.82) is 0 Å². The highest BCUT2D eigenvalue weighted by atomic mass is 35.5. The zero-order valence-corrected chi connectivity index (χ0v) is 19.8. The number of nitrogens with one attached hydrogen (secondary N) is 2. The second-order valence-corrected chi connectivity index (χ2v) is 8.42. The second-order valence-electron chi connectivity index (χ2n) is 8.01. The number of carbonyl (C=O) groups is 1. The van der Waals surface area contributed by atoms with Gasteiger partial charge in [-0.1, -0.05) is 23.7 Å². The molecule has 37 heavy (non-hydrogen) atoms. The Bertz CT molecular complexity index is 1830. The summed E-state index contributed by atoms with van der Waals surface area (Å²) in [4.78, 5) is 43.1. The summed E-state index contributed by atoms with van der Waals surface area (Å²) in [6.07, 6.45) is 7.99. The van der Waals surface area contributed by atoms with Gasteiger partial charge in [0.05, 0.1) is 10.7 Å². The maximum atomic E-state index is 13.4. The number of pyridine rings is 1. The van der Waals surface area contributed by atoms with Gasteiger partial charge in [-0.2, -0.15) is 4.98 Å². The van der Waals surface area contributed by atoms with E-state index in [2.05, 4.69) is 30.6 Å². The van der Waals surface area contributed by atoms with Crippen LogP contribution in [-0.4, -0.2) is 34.8 Å². The third kappa shape index (κ3) is 4.15. The first-order valence-corrected chi connectivity index (χ1v) is 11.5. The molecule has 0 aliphatic carbocycles. The number of imidazole rings is 1. The van der Waals surface area contributed by atoms with Gasteiger partial charge in [0.15, 0.2) is 5.65 Å². The molecule has 0 fully saturated rings. The third-order valence-electron chi connectivity index (χ3n) is 5.69. The van der Waals surface area contributed by atoms with Crippen molar-refractivity contribution in [3.05, 3.63) is 113 Å². The lowest BCUT2D eigenvalue weighted by Gasteiger charge is -2.12. The smallest absolute Gasteiger partial charge is 0.270 e. The van der Waals surface area contributed by atoms with Crippen molar-refractivity contribution in [2.75, 3.05) is 10.6 Å². The summed E-state index contributed by atoms with van der Waals surface area (Å²) in [7, 11) is 0. The molecule has 6 aromatic rings. The van der Waals surface area contributed by atoms with Gasteiger partial charge < -0.3 is 10.6 Å². The highest BCUT2D eigenvalue weighted by Crippen LogP contribution is 2.23. The highest BCUT2D eigenvalue weighted by molar-refractivity contribution is 6.32. The first kappa shape index (κ1) is 22.4. The number of fused-ring (bicyclic) bond motifs is 3. The summed E-state index contributed by atoms with van der Waals surface area (Å²) in [6.45, 7) is 0. The van der Waals surface area contributed by atoms with E-state index in [-0.39, 0.29) is 17.4 Å². The minimum atomic E-state index is -0.335. The number of hydrogen-bond donors (Lipinski definition) is 2. The molecule has 0 aliphatic rings. The van der Waals surface area contributed by atoms with Crippen LogP contribution in [0.3, 0.4) is 0 Å². The van der Waals surface area contributed by atoms with E-state index in [9.17, 15) is 9.59 Å². The minimum absolute atomic E-state index is 0.239. The molecule has 4 heterocycles. The summed E-state index contributed by atoms with van der Waals surface area (Å²) >= 11 is 6.37. The fourth-order valence-corrected chi connectivity index (χ4v) is 4.15. The quantitative estimate of drug-likeness (QED) is 0.352. The van der Waals surface area contributed by atoms with Crippen LogP contribution in [0.4, 0.5) is 17.3 Å². The van der Waals surface area contributed by atoms with E-state index in [1.165, 1.54) is 10.8 Å². The van der Waals surface area contributed by atoms with Crippen molar-refractivity contribution in [3.63, 3.8) is 0 Å². The first-order valence-electron chi connectivity index (χ1n) is 11.2. The number of benzene rings is 2. The van der Waals surface area contributed by atoms with E-state index in [0.717, 1.165) is 0 Å². The van der Waals surface area contributed by atoms with Gasteiger partial charge >= 0.3 is 0 Å². The van der Waals surface area contributed by atoms with Crippen LogP contribution in [0.15, 0.2) is 96.4 Å². The van der Waals surface area contributed by atoms with Gasteiger partial charge in [0, 0.05) is 47.9 Å². The molecule has 0 bridgehead atoms. The van der Waals surface area contributed by atoms with Crippen molar-refractivity contribution < 1.29 is 4.79 Å². The average molecular weight is 509 g/mol. The van der Waals surface area contributed by atoms with E-state index < -0.39 is 0 Å². The lowest BCUT2D eigenvalue weighted by molar-refractivity contribution is 0.102. The van der Waals surface area contributed by atoms with Crippen LogP contribution in [0.25, 0.3) is 22.5 Å². The van der Waals surface area contributed by atoms with Crippen LogP contribution < -0.4 is 16.2 Å². The van der Waals surface area contributed by atoms with Gasteiger partial charge in [-0.3, -0.25) is 19.0 Å². The van der Waals surface area contributed by atoms with Crippen molar-refractivity contribution in [2.24, 2.45) is 0 Å². The molecule has 0 saturated heterocycles. The Hall–Kier alpha value is -5.09. The van der Waals surface area contributed by atoms with Crippen molar-refractivity contribution in [1.82, 2.24) is 28.9 Å². The van der Waals surface area contributed by atoms with Crippen molar-refractivity contribution in [3.8, 4) is 5.69 Å². The molecule has 2 aromatic carbocycles. The molecule has 0 atom stereocenters. The molecule has 0 unspecified atom stereocenters. The molecule has 0 saturated carbocycles. The molecule has 11 heteroatoms. The van der Waals surface area contributed by atoms with Gasteiger partial charge in [0.2, 0.25) is 11.7 Å². The van der Waals surface area contributed by atoms with Crippen molar-refractivity contribution in [2.45, 2.75) is 0 Å². The van der Waals surface area contributed by atoms with Crippen molar-refractivity contribution >= 4 is 51.6 Å². The number of anilines is 3. The zero-order valence-electron chi connectivity index (χ0n) is 19.0. The molecule has 6 rings (SSSR count). The van der Waals surface area contributed by atoms with Gasteiger partial charge in [0.25, 0.3) is 11.5 Å². The van der Waals surface area contributed by atoms with E-state index in [4.69, 9.17) is 11.6 Å². The summed E-state index contributed by atoms with van der Waals surface area (Å²) in [6, 6.07) is 17.4. The molecule has 2 N–H and O–H groups in total. The first-order chi connectivity index (χ1) is 18.1. The number of hydrogen-bond acceptors (Lipinski definition) is 7. The van der Waals surface area contributed by atoms with Crippen LogP contribution in [-0.2, 0) is 0 Å². The SMILES string of the molecule is O=C(Nc1ccncc1)c1ccc(Nc2ncc3c(=O)n(-c4ccccc4Cl)c4nccn4c3n2)cc1. The molecule has 4 aromatic heterocycles. The fourth-order valence-electron chi connectivity index (χ4n) is 3.93. The maximum Gasteiger partial charge on any atom is 0.270 e. The Balaban J connectivity index is 1.32. The lowest BCUT2D eigenvalue weighted by Crippen LogP contribution is -2.22. The average Bonchev–Trinajstić information content (AvgIpc) is 3.41. The third-order valence-corrected chi connectivity index (χ3v) is 6.01. The number of nitrogens with zero attached hydrogens (tertiary/aromatic N) is 6. The topological polar surface area (TPSA) is 119 Å². The Labute approximate surface area is 214 Å². The predicted octanol–water partition coefficient (Wildman–Crippen LogP) is 4.47. The lowest BCUT2D eigenvalue weighted by atomic mass is 10.2. The van der Waals surface area contributed by atoms with Crippen LogP contribution in [0.5, 0.6) is 0 Å². The zero-order chi connectivity index (χ0) is 25.4. The summed E-state index contributed by atoms with van der Waals surface area (Å²) in [5, 5.41) is 6.66. The second kappa shape index (κ2) is 9.17. The Morgan fingerprint density at radius 1 is 0.892 bits per heavy atom. The number of aromatic nitrogens is 6. The summed E-state index contributed by atoms with van der Waals surface area (Å²) in [5.41, 5.74) is 2.39. The molecule has 0 aliphatic heterocycles. The fraction of sp³-hybridized carbons (Fsp3) is 0. The Kier molecular flexibility index (Phi) is 5.55. The van der Waals surface area contributed by atoms with Gasteiger partial charge in [-0.15, -0.1) is 0 Å². The standard InChI is InChI=1S/C26H17ClN8O2/c27-20-3-1-2-4-21(20)35-24(37)19-15-30-25(33-22(19)34-14-13-29-26(34)35)32-17-7-5-16(6-8-17)23(36)31-18-9-11-28-12-10-18/h1-15H,(H,28,31,36)(H,30,32,33). The molecular weight excluding hydrogens is 492 g/mol. The molecule has 10 nitrogen and oxygen atoms in total. The van der Waals surface area contributed by atoms with Crippen LogP contribution >= 0.6 is 11.6 Å². The Morgan fingerprint density at radius 3 is 2.46 bits per heavy atom. The minimum Gasteiger partial charge on any atom is -0.324 e. The largest absolute Gasteiger partial charge is 0.324 e. The van der Waals surface area contributed by atoms with E-state index in [0.29, 0.717) is 44.5 Å². The molecule has 180 valence electrons. The van der Waals surface area contributed by atoms with Gasteiger partial charge in [0.1, 0.15) is 5.39 Å². The number of rotatable bonds is 5. The maximum absolute atomic E-state index is 13.4. The monoisotopic (exact) mass is 508 g/mol. The summed E-state index contributed by atoms with van der Waals surface area (Å²) < 4.78 is 3.15. The molecule has 0 spiro atoms. The van der Waals surface area contributed by atoms with Crippen LogP contribution in [0.1, 0.15) is 10.4 Å². The number of para-hydroxylation sites is 1. The normalized spacial score (nSPS) is 11.1. The van der Waals surface area contributed by atoms with E-state index in [1.54, 1.807) is 89.9 Å². The number of halogens is 1. The van der Waals surface area contributed by atoms with Crippen LogP contribution in [0, 0.1) is 0 Å².